The molecule has 1 N–H and O–H groups in total. The summed E-state index contributed by atoms with van der Waals surface area (Å²) < 4.78 is 32.7. The SMILES string of the molecule is CC1=NC(C)=C(C(=O)CS(=O)(=O)NC(C)C)C(c2cc([N+](=O)[O-])ccc2Cl)C1C(=O)OC(C)C. The van der Waals surface area contributed by atoms with E-state index in [9.17, 15) is 28.1 Å². The zero-order valence-electron chi connectivity index (χ0n) is 19.8. The highest BCUT2D eigenvalue weighted by atomic mass is 35.5. The number of carbonyl (C=O) groups is 2. The van der Waals surface area contributed by atoms with Gasteiger partial charge < -0.3 is 4.74 Å². The minimum atomic E-state index is -4.00. The largest absolute Gasteiger partial charge is 0.462 e. The summed E-state index contributed by atoms with van der Waals surface area (Å²) in [6.07, 6.45) is -0.483. The number of aliphatic imine (C=N–C) groups is 1. The van der Waals surface area contributed by atoms with E-state index in [4.69, 9.17) is 16.3 Å². The fourth-order valence-corrected chi connectivity index (χ4v) is 5.42. The number of hydrogen-bond donors (Lipinski definition) is 1. The van der Waals surface area contributed by atoms with Crippen molar-refractivity contribution in [1.82, 2.24) is 4.72 Å². The molecule has 0 saturated heterocycles. The molecule has 10 nitrogen and oxygen atoms in total. The lowest BCUT2D eigenvalue weighted by Crippen LogP contribution is -2.40. The van der Waals surface area contributed by atoms with Crippen molar-refractivity contribution in [2.45, 2.75) is 59.6 Å². The highest BCUT2D eigenvalue weighted by Gasteiger charge is 2.43. The Labute approximate surface area is 203 Å². The van der Waals surface area contributed by atoms with Gasteiger partial charge in [0.2, 0.25) is 10.0 Å². The molecule has 1 heterocycles. The Balaban J connectivity index is 2.73. The van der Waals surface area contributed by atoms with E-state index in [-0.39, 0.29) is 27.5 Å². The Hall–Kier alpha value is -2.63. The fourth-order valence-electron chi connectivity index (χ4n) is 3.88. The summed E-state index contributed by atoms with van der Waals surface area (Å²) in [6, 6.07) is 3.25. The van der Waals surface area contributed by atoms with Gasteiger partial charge in [0.25, 0.3) is 5.69 Å². The van der Waals surface area contributed by atoms with Crippen LogP contribution in [0.15, 0.2) is 34.5 Å². The molecule has 0 radical (unpaired) electrons. The van der Waals surface area contributed by atoms with Crippen LogP contribution in [0.25, 0.3) is 0 Å². The molecule has 2 unspecified atom stereocenters. The number of non-ortho nitro benzene ring substituents is 1. The third-order valence-electron chi connectivity index (χ3n) is 5.00. The van der Waals surface area contributed by atoms with Crippen LogP contribution in [-0.2, 0) is 24.3 Å². The lowest BCUT2D eigenvalue weighted by molar-refractivity contribution is -0.384. The molecular formula is C22H28ClN3O7S. The van der Waals surface area contributed by atoms with Gasteiger partial charge in [-0.05, 0) is 53.2 Å². The van der Waals surface area contributed by atoms with Crippen molar-refractivity contribution < 1.29 is 27.7 Å². The van der Waals surface area contributed by atoms with Gasteiger partial charge in [-0.2, -0.15) is 0 Å². The predicted molar refractivity (Wildman–Crippen MR) is 128 cm³/mol. The molecule has 0 saturated carbocycles. The molecule has 2 atom stereocenters. The van der Waals surface area contributed by atoms with Crippen molar-refractivity contribution >= 4 is 44.8 Å². The summed E-state index contributed by atoms with van der Waals surface area (Å²) in [5.41, 5.74) is 0.286. The van der Waals surface area contributed by atoms with Crippen LogP contribution in [0.5, 0.6) is 0 Å². The van der Waals surface area contributed by atoms with Crippen molar-refractivity contribution in [1.29, 1.82) is 0 Å². The third-order valence-corrected chi connectivity index (χ3v) is 6.81. The molecule has 0 amide bonds. The molecule has 0 bridgehead atoms. The molecule has 1 aliphatic rings. The minimum absolute atomic E-state index is 0.0622. The Morgan fingerprint density at radius 3 is 2.38 bits per heavy atom. The minimum Gasteiger partial charge on any atom is -0.462 e. The van der Waals surface area contributed by atoms with Crippen LogP contribution in [0, 0.1) is 16.0 Å². The molecule has 0 spiro atoms. The van der Waals surface area contributed by atoms with Crippen LogP contribution >= 0.6 is 11.6 Å². The smallest absolute Gasteiger partial charge is 0.315 e. The number of sulfonamides is 1. The number of nitrogens with zero attached hydrogens (tertiary/aromatic N) is 2. The maximum absolute atomic E-state index is 13.3. The number of nitro benzene ring substituents is 1. The molecule has 0 fully saturated rings. The zero-order valence-corrected chi connectivity index (χ0v) is 21.4. The van der Waals surface area contributed by atoms with Crippen LogP contribution in [0.1, 0.15) is 53.0 Å². The molecular weight excluding hydrogens is 486 g/mol. The van der Waals surface area contributed by atoms with Crippen molar-refractivity contribution in [2.24, 2.45) is 10.9 Å². The molecule has 186 valence electrons. The summed E-state index contributed by atoms with van der Waals surface area (Å²) in [4.78, 5) is 41.6. The fraction of sp³-hybridized carbons (Fsp3) is 0.500. The molecule has 1 aromatic rings. The van der Waals surface area contributed by atoms with Crippen molar-refractivity contribution in [2.75, 3.05) is 5.75 Å². The number of nitrogens with one attached hydrogen (secondary N) is 1. The molecule has 1 aliphatic heterocycles. The van der Waals surface area contributed by atoms with Gasteiger partial charge in [0.15, 0.2) is 5.78 Å². The van der Waals surface area contributed by atoms with E-state index in [1.807, 2.05) is 0 Å². The van der Waals surface area contributed by atoms with Gasteiger partial charge in [0.05, 0.1) is 11.0 Å². The number of allylic oxidation sites excluding steroid dienone is 2. The number of rotatable bonds is 9. The Morgan fingerprint density at radius 2 is 1.85 bits per heavy atom. The Bertz CT molecular complexity index is 1170. The second kappa shape index (κ2) is 10.7. The van der Waals surface area contributed by atoms with E-state index < -0.39 is 56.4 Å². The second-order valence-corrected chi connectivity index (χ2v) is 10.8. The van der Waals surface area contributed by atoms with Gasteiger partial charge in [0.1, 0.15) is 11.7 Å². The maximum atomic E-state index is 13.3. The number of ketones is 1. The monoisotopic (exact) mass is 513 g/mol. The van der Waals surface area contributed by atoms with Crippen LogP contribution in [-0.4, -0.2) is 48.7 Å². The lowest BCUT2D eigenvalue weighted by Gasteiger charge is -2.32. The second-order valence-electron chi connectivity index (χ2n) is 8.61. The number of carbonyl (C=O) groups excluding carboxylic acids is 2. The van der Waals surface area contributed by atoms with Crippen LogP contribution < -0.4 is 4.72 Å². The van der Waals surface area contributed by atoms with E-state index in [1.165, 1.54) is 25.1 Å². The van der Waals surface area contributed by atoms with Gasteiger partial charge in [-0.3, -0.25) is 24.7 Å². The summed E-state index contributed by atoms with van der Waals surface area (Å²) in [5, 5.41) is 11.5. The Kier molecular flexibility index (Phi) is 8.73. The van der Waals surface area contributed by atoms with Crippen LogP contribution in [0.4, 0.5) is 5.69 Å². The van der Waals surface area contributed by atoms with Gasteiger partial charge in [0, 0.05) is 46.1 Å². The van der Waals surface area contributed by atoms with Crippen molar-refractivity contribution in [3.05, 3.63) is 50.2 Å². The third kappa shape index (κ3) is 6.49. The van der Waals surface area contributed by atoms with E-state index in [0.717, 1.165) is 0 Å². The van der Waals surface area contributed by atoms with Gasteiger partial charge >= 0.3 is 5.97 Å². The highest BCUT2D eigenvalue weighted by molar-refractivity contribution is 7.90. The van der Waals surface area contributed by atoms with E-state index in [2.05, 4.69) is 9.71 Å². The first kappa shape index (κ1) is 27.6. The van der Waals surface area contributed by atoms with Gasteiger partial charge in [-0.15, -0.1) is 0 Å². The number of nitro groups is 1. The Morgan fingerprint density at radius 1 is 1.24 bits per heavy atom. The van der Waals surface area contributed by atoms with Gasteiger partial charge in [-0.1, -0.05) is 11.6 Å². The quantitative estimate of drug-likeness (QED) is 0.302. The number of benzene rings is 1. The molecule has 0 aliphatic carbocycles. The van der Waals surface area contributed by atoms with E-state index in [0.29, 0.717) is 5.71 Å². The summed E-state index contributed by atoms with van der Waals surface area (Å²) in [7, 11) is -4.00. The standard InChI is InChI=1S/C22H28ClN3O7S/c1-11(2)25-34(31,32)10-18(27)19-13(5)24-14(6)20(22(28)33-12(3)4)21(19)16-9-15(26(29)30)7-8-17(16)23/h7-9,11-12,20-21,25H,10H2,1-6H3. The molecule has 1 aromatic carbocycles. The lowest BCUT2D eigenvalue weighted by atomic mass is 9.74. The number of ether oxygens (including phenoxy) is 1. The first-order valence-electron chi connectivity index (χ1n) is 10.6. The molecule has 2 rings (SSSR count). The summed E-state index contributed by atoms with van der Waals surface area (Å²) in [6.45, 7) is 9.63. The summed E-state index contributed by atoms with van der Waals surface area (Å²) >= 11 is 6.40. The number of hydrogen-bond acceptors (Lipinski definition) is 8. The van der Waals surface area contributed by atoms with E-state index >= 15 is 0 Å². The average molecular weight is 514 g/mol. The molecule has 34 heavy (non-hydrogen) atoms. The topological polar surface area (TPSA) is 145 Å². The van der Waals surface area contributed by atoms with Gasteiger partial charge in [-0.25, -0.2) is 13.1 Å². The molecule has 12 heteroatoms. The molecule has 0 aromatic heterocycles. The summed E-state index contributed by atoms with van der Waals surface area (Å²) in [5.74, 6) is -4.65. The predicted octanol–water partition coefficient (Wildman–Crippen LogP) is 3.55. The number of esters is 1. The maximum Gasteiger partial charge on any atom is 0.315 e. The number of Topliss-reactive ketones (excluding diaryl/α,β-unsaturated/α-hetero) is 1. The average Bonchev–Trinajstić information content (AvgIpc) is 2.65. The van der Waals surface area contributed by atoms with Crippen molar-refractivity contribution in [3.63, 3.8) is 0 Å². The van der Waals surface area contributed by atoms with Crippen LogP contribution in [0.2, 0.25) is 5.02 Å². The van der Waals surface area contributed by atoms with Crippen LogP contribution in [0.3, 0.4) is 0 Å². The van der Waals surface area contributed by atoms with E-state index in [1.54, 1.807) is 34.6 Å². The first-order chi connectivity index (χ1) is 15.6. The van der Waals surface area contributed by atoms with Crippen molar-refractivity contribution in [3.8, 4) is 0 Å². The normalized spacial score (nSPS) is 18.8. The highest BCUT2D eigenvalue weighted by Crippen LogP contribution is 2.43. The first-order valence-corrected chi connectivity index (χ1v) is 12.6. The number of halogens is 1. The zero-order chi connectivity index (χ0) is 26.0.